The van der Waals surface area contributed by atoms with Crippen molar-refractivity contribution in [2.24, 2.45) is 0 Å². The number of carbonyl (C=O) groups excluding carboxylic acids is 1. The zero-order valence-corrected chi connectivity index (χ0v) is 11.4. The molecule has 0 aliphatic carbocycles. The van der Waals surface area contributed by atoms with Crippen molar-refractivity contribution in [2.75, 3.05) is 5.88 Å². The molecule has 0 aliphatic rings. The first-order chi connectivity index (χ1) is 8.08. The van der Waals surface area contributed by atoms with Crippen LogP contribution in [0, 0.1) is 0 Å². The van der Waals surface area contributed by atoms with Gasteiger partial charge in [0.1, 0.15) is 0 Å². The summed E-state index contributed by atoms with van der Waals surface area (Å²) in [5.41, 5.74) is 1.93. The lowest BCUT2D eigenvalue weighted by Crippen LogP contribution is -2.35. The number of alkyl halides is 1. The smallest absolute Gasteiger partial charge is 0.251 e. The molecule has 94 valence electrons. The van der Waals surface area contributed by atoms with Crippen molar-refractivity contribution in [3.05, 3.63) is 35.4 Å². The van der Waals surface area contributed by atoms with Gasteiger partial charge in [0.05, 0.1) is 0 Å². The van der Waals surface area contributed by atoms with E-state index in [0.717, 1.165) is 6.42 Å². The van der Waals surface area contributed by atoms with Crippen LogP contribution in [0.1, 0.15) is 49.0 Å². The predicted octanol–water partition coefficient (Wildman–Crippen LogP) is 3.56. The molecule has 1 amide bonds. The zero-order chi connectivity index (χ0) is 12.8. The molecule has 2 nitrogen and oxygen atoms in total. The van der Waals surface area contributed by atoms with Crippen molar-refractivity contribution in [2.45, 2.75) is 39.2 Å². The zero-order valence-electron chi connectivity index (χ0n) is 10.7. The number of halogens is 1. The number of hydrogen-bond acceptors (Lipinski definition) is 1. The standard InChI is InChI=1S/C14H20ClNO/c1-4-13(9-15)16-14(17)12-7-5-11(6-8-12)10(2)3/h5-8,10,13H,4,9H2,1-3H3,(H,16,17). The molecule has 3 heteroatoms. The Kier molecular flexibility index (Phi) is 5.49. The summed E-state index contributed by atoms with van der Waals surface area (Å²) in [6.45, 7) is 6.28. The fraction of sp³-hybridized carbons (Fsp3) is 0.500. The second kappa shape index (κ2) is 6.65. The topological polar surface area (TPSA) is 29.1 Å². The molecule has 0 radical (unpaired) electrons. The summed E-state index contributed by atoms with van der Waals surface area (Å²) in [5, 5.41) is 2.91. The van der Waals surface area contributed by atoms with Crippen LogP contribution >= 0.6 is 11.6 Å². The van der Waals surface area contributed by atoms with Crippen LogP contribution in [0.2, 0.25) is 0 Å². The van der Waals surface area contributed by atoms with Crippen LogP contribution in [-0.4, -0.2) is 17.8 Å². The van der Waals surface area contributed by atoms with Crippen LogP contribution in [0.15, 0.2) is 24.3 Å². The van der Waals surface area contributed by atoms with E-state index in [0.29, 0.717) is 17.4 Å². The minimum atomic E-state index is -0.0483. The number of rotatable bonds is 5. The summed E-state index contributed by atoms with van der Waals surface area (Å²) in [7, 11) is 0. The largest absolute Gasteiger partial charge is 0.348 e. The number of amides is 1. The van der Waals surface area contributed by atoms with Crippen LogP contribution in [0.25, 0.3) is 0 Å². The average Bonchev–Trinajstić information content (AvgIpc) is 2.35. The maximum absolute atomic E-state index is 11.9. The van der Waals surface area contributed by atoms with Gasteiger partial charge in [-0.2, -0.15) is 0 Å². The summed E-state index contributed by atoms with van der Waals surface area (Å²) >= 11 is 5.75. The van der Waals surface area contributed by atoms with E-state index in [2.05, 4.69) is 19.2 Å². The normalized spacial score (nSPS) is 12.5. The van der Waals surface area contributed by atoms with Crippen LogP contribution in [0.5, 0.6) is 0 Å². The van der Waals surface area contributed by atoms with Gasteiger partial charge < -0.3 is 5.32 Å². The van der Waals surface area contributed by atoms with E-state index in [1.807, 2.05) is 31.2 Å². The molecule has 0 fully saturated rings. The van der Waals surface area contributed by atoms with Gasteiger partial charge in [0.25, 0.3) is 5.91 Å². The Morgan fingerprint density at radius 2 is 1.88 bits per heavy atom. The summed E-state index contributed by atoms with van der Waals surface area (Å²) in [6.07, 6.45) is 0.847. The summed E-state index contributed by atoms with van der Waals surface area (Å²) in [5.74, 6) is 0.887. The fourth-order valence-corrected chi connectivity index (χ4v) is 1.83. The van der Waals surface area contributed by atoms with Crippen molar-refractivity contribution >= 4 is 17.5 Å². The maximum Gasteiger partial charge on any atom is 0.251 e. The van der Waals surface area contributed by atoms with Crippen LogP contribution < -0.4 is 5.32 Å². The minimum Gasteiger partial charge on any atom is -0.348 e. The van der Waals surface area contributed by atoms with Gasteiger partial charge in [0.2, 0.25) is 0 Å². The van der Waals surface area contributed by atoms with Crippen molar-refractivity contribution in [1.82, 2.24) is 5.32 Å². The Hall–Kier alpha value is -1.02. The number of carbonyl (C=O) groups is 1. The van der Waals surface area contributed by atoms with E-state index in [9.17, 15) is 4.79 Å². The molecule has 0 spiro atoms. The first-order valence-electron chi connectivity index (χ1n) is 6.05. The highest BCUT2D eigenvalue weighted by Crippen LogP contribution is 2.14. The molecule has 0 heterocycles. The van der Waals surface area contributed by atoms with Gasteiger partial charge >= 0.3 is 0 Å². The van der Waals surface area contributed by atoms with Crippen molar-refractivity contribution in [3.63, 3.8) is 0 Å². The molecular formula is C14H20ClNO. The van der Waals surface area contributed by atoms with Crippen molar-refractivity contribution in [3.8, 4) is 0 Å². The highest BCUT2D eigenvalue weighted by molar-refractivity contribution is 6.18. The highest BCUT2D eigenvalue weighted by Gasteiger charge is 2.11. The third-order valence-electron chi connectivity index (χ3n) is 2.85. The van der Waals surface area contributed by atoms with Gasteiger partial charge in [-0.3, -0.25) is 4.79 Å². The van der Waals surface area contributed by atoms with Gasteiger partial charge in [-0.1, -0.05) is 32.9 Å². The highest BCUT2D eigenvalue weighted by atomic mass is 35.5. The molecular weight excluding hydrogens is 234 g/mol. The average molecular weight is 254 g/mol. The Morgan fingerprint density at radius 3 is 2.29 bits per heavy atom. The van der Waals surface area contributed by atoms with E-state index in [-0.39, 0.29) is 11.9 Å². The SMILES string of the molecule is CCC(CCl)NC(=O)c1ccc(C(C)C)cc1. The van der Waals surface area contributed by atoms with E-state index < -0.39 is 0 Å². The summed E-state index contributed by atoms with van der Waals surface area (Å²) in [4.78, 5) is 11.9. The molecule has 1 N–H and O–H groups in total. The molecule has 0 saturated heterocycles. The molecule has 0 saturated carbocycles. The molecule has 0 aromatic heterocycles. The third-order valence-corrected chi connectivity index (χ3v) is 3.23. The van der Waals surface area contributed by atoms with Crippen molar-refractivity contribution in [1.29, 1.82) is 0 Å². The Morgan fingerprint density at radius 1 is 1.29 bits per heavy atom. The Bertz CT molecular complexity index is 355. The Labute approximate surface area is 108 Å². The molecule has 1 atom stereocenters. The van der Waals surface area contributed by atoms with Gasteiger partial charge in [-0.05, 0) is 30.0 Å². The maximum atomic E-state index is 11.9. The second-order valence-corrected chi connectivity index (χ2v) is 4.82. The lowest BCUT2D eigenvalue weighted by Gasteiger charge is -2.14. The number of hydrogen-bond donors (Lipinski definition) is 1. The summed E-state index contributed by atoms with van der Waals surface area (Å²) < 4.78 is 0. The monoisotopic (exact) mass is 253 g/mol. The predicted molar refractivity (Wildman–Crippen MR) is 72.8 cm³/mol. The molecule has 1 rings (SSSR count). The molecule has 0 aliphatic heterocycles. The number of nitrogens with one attached hydrogen (secondary N) is 1. The van der Waals surface area contributed by atoms with E-state index in [1.165, 1.54) is 5.56 Å². The first-order valence-corrected chi connectivity index (χ1v) is 6.58. The van der Waals surface area contributed by atoms with E-state index in [1.54, 1.807) is 0 Å². The quantitative estimate of drug-likeness (QED) is 0.799. The van der Waals surface area contributed by atoms with Crippen LogP contribution in [0.4, 0.5) is 0 Å². The lowest BCUT2D eigenvalue weighted by atomic mass is 10.0. The molecule has 1 aromatic carbocycles. The first kappa shape index (κ1) is 14.0. The molecule has 1 unspecified atom stereocenters. The van der Waals surface area contributed by atoms with Gasteiger partial charge in [-0.15, -0.1) is 11.6 Å². The summed E-state index contributed by atoms with van der Waals surface area (Å²) in [6, 6.07) is 7.79. The fourth-order valence-electron chi connectivity index (χ4n) is 1.54. The number of benzene rings is 1. The molecule has 0 bridgehead atoms. The lowest BCUT2D eigenvalue weighted by molar-refractivity contribution is 0.0939. The van der Waals surface area contributed by atoms with Gasteiger partial charge in [-0.25, -0.2) is 0 Å². The van der Waals surface area contributed by atoms with Crippen LogP contribution in [-0.2, 0) is 0 Å². The molecule has 1 aromatic rings. The van der Waals surface area contributed by atoms with E-state index in [4.69, 9.17) is 11.6 Å². The van der Waals surface area contributed by atoms with E-state index >= 15 is 0 Å². The van der Waals surface area contributed by atoms with Crippen molar-refractivity contribution < 1.29 is 4.79 Å². The second-order valence-electron chi connectivity index (χ2n) is 4.51. The third kappa shape index (κ3) is 4.04. The molecule has 17 heavy (non-hydrogen) atoms. The van der Waals surface area contributed by atoms with Gasteiger partial charge in [0.15, 0.2) is 0 Å². The van der Waals surface area contributed by atoms with Crippen LogP contribution in [0.3, 0.4) is 0 Å². The van der Waals surface area contributed by atoms with Gasteiger partial charge in [0, 0.05) is 17.5 Å². The minimum absolute atomic E-state index is 0.0483. The Balaban J connectivity index is 2.69.